The van der Waals surface area contributed by atoms with Gasteiger partial charge in [-0.25, -0.2) is 0 Å². The quantitative estimate of drug-likeness (QED) is 0.666. The third-order valence-electron chi connectivity index (χ3n) is 3.01. The predicted molar refractivity (Wildman–Crippen MR) is 59.5 cm³/mol. The van der Waals surface area contributed by atoms with E-state index in [1.165, 1.54) is 0 Å². The molecular weight excluding hydrogens is 198 g/mol. The second kappa shape index (κ2) is 5.59. The van der Waals surface area contributed by atoms with Crippen molar-refractivity contribution in [3.63, 3.8) is 0 Å². The molecular formula is C11H20ClNO. The summed E-state index contributed by atoms with van der Waals surface area (Å²) in [4.78, 5) is 13.9. The largest absolute Gasteiger partial charge is 0.341 e. The summed E-state index contributed by atoms with van der Waals surface area (Å²) >= 11 is 6.05. The number of carbonyl (C=O) groups excluding carboxylic acids is 1. The Bertz CT molecular complexity index is 192. The number of carbonyl (C=O) groups is 1. The van der Waals surface area contributed by atoms with Gasteiger partial charge in [-0.3, -0.25) is 4.79 Å². The first kappa shape index (κ1) is 11.8. The summed E-state index contributed by atoms with van der Waals surface area (Å²) < 4.78 is 0. The van der Waals surface area contributed by atoms with E-state index in [9.17, 15) is 4.79 Å². The molecule has 1 aliphatic heterocycles. The fourth-order valence-corrected chi connectivity index (χ4v) is 2.34. The Morgan fingerprint density at radius 2 is 2.14 bits per heavy atom. The number of halogens is 1. The third-order valence-corrected chi connectivity index (χ3v) is 3.37. The molecule has 0 aromatic carbocycles. The average Bonchev–Trinajstić information content (AvgIpc) is 2.19. The van der Waals surface area contributed by atoms with E-state index >= 15 is 0 Å². The summed E-state index contributed by atoms with van der Waals surface area (Å²) in [6, 6.07) is 0. The lowest BCUT2D eigenvalue weighted by atomic mass is 10.00. The van der Waals surface area contributed by atoms with E-state index < -0.39 is 0 Å². The molecule has 0 aliphatic carbocycles. The minimum Gasteiger partial charge on any atom is -0.341 e. The Hall–Kier alpha value is -0.240. The average molecular weight is 218 g/mol. The Labute approximate surface area is 91.6 Å². The maximum atomic E-state index is 12.0. The van der Waals surface area contributed by atoms with Crippen molar-refractivity contribution in [2.45, 2.75) is 44.9 Å². The highest BCUT2D eigenvalue weighted by molar-refractivity contribution is 6.20. The van der Waals surface area contributed by atoms with Crippen molar-refractivity contribution < 1.29 is 4.79 Å². The Morgan fingerprint density at radius 1 is 1.50 bits per heavy atom. The van der Waals surface area contributed by atoms with Crippen LogP contribution in [0.25, 0.3) is 0 Å². The molecule has 1 saturated heterocycles. The smallest absolute Gasteiger partial charge is 0.225 e. The van der Waals surface area contributed by atoms with Gasteiger partial charge in [0.15, 0.2) is 0 Å². The molecule has 0 saturated carbocycles. The second-order valence-electron chi connectivity index (χ2n) is 4.04. The number of hydrogen-bond donors (Lipinski definition) is 0. The monoisotopic (exact) mass is 217 g/mol. The van der Waals surface area contributed by atoms with Crippen LogP contribution in [0.5, 0.6) is 0 Å². The molecule has 0 aromatic rings. The zero-order valence-electron chi connectivity index (χ0n) is 9.13. The predicted octanol–water partition coefficient (Wildman–Crippen LogP) is 2.65. The highest BCUT2D eigenvalue weighted by Crippen LogP contribution is 2.19. The number of rotatable bonds is 3. The molecule has 0 radical (unpaired) electrons. The number of hydrogen-bond acceptors (Lipinski definition) is 1. The molecule has 1 unspecified atom stereocenters. The van der Waals surface area contributed by atoms with Gasteiger partial charge >= 0.3 is 0 Å². The van der Waals surface area contributed by atoms with Gasteiger partial charge in [-0.15, -0.1) is 11.6 Å². The van der Waals surface area contributed by atoms with E-state index in [1.807, 2.05) is 4.90 Å². The number of likely N-dealkylation sites (tertiary alicyclic amines) is 1. The van der Waals surface area contributed by atoms with Crippen LogP contribution in [0.2, 0.25) is 0 Å². The van der Waals surface area contributed by atoms with Crippen molar-refractivity contribution in [2.75, 3.05) is 13.1 Å². The van der Waals surface area contributed by atoms with Crippen molar-refractivity contribution in [1.82, 2.24) is 4.90 Å². The first-order valence-electron chi connectivity index (χ1n) is 5.61. The van der Waals surface area contributed by atoms with Crippen LogP contribution in [0, 0.1) is 5.92 Å². The standard InChI is InChI=1S/C11H20ClNO/c1-3-9(4-2)11(14)13-7-5-6-10(12)8-13/h9-10H,3-8H2,1-2H3. The van der Waals surface area contributed by atoms with Gasteiger partial charge < -0.3 is 4.90 Å². The normalized spacial score (nSPS) is 22.9. The first-order valence-corrected chi connectivity index (χ1v) is 6.05. The van der Waals surface area contributed by atoms with Gasteiger partial charge in [-0.2, -0.15) is 0 Å². The van der Waals surface area contributed by atoms with Crippen LogP contribution in [-0.4, -0.2) is 29.3 Å². The van der Waals surface area contributed by atoms with E-state index in [0.717, 1.165) is 38.8 Å². The summed E-state index contributed by atoms with van der Waals surface area (Å²) in [7, 11) is 0. The molecule has 1 heterocycles. The van der Waals surface area contributed by atoms with E-state index in [-0.39, 0.29) is 11.3 Å². The van der Waals surface area contributed by atoms with Crippen LogP contribution >= 0.6 is 11.6 Å². The molecule has 2 nitrogen and oxygen atoms in total. The van der Waals surface area contributed by atoms with Crippen LogP contribution in [0.1, 0.15) is 39.5 Å². The van der Waals surface area contributed by atoms with Gasteiger partial charge in [-0.05, 0) is 25.7 Å². The molecule has 0 aromatic heterocycles. The molecule has 0 N–H and O–H groups in total. The molecule has 1 amide bonds. The van der Waals surface area contributed by atoms with Gasteiger partial charge in [0.2, 0.25) is 5.91 Å². The minimum atomic E-state index is 0.169. The summed E-state index contributed by atoms with van der Waals surface area (Å²) in [5, 5.41) is 0.169. The summed E-state index contributed by atoms with van der Waals surface area (Å²) in [5.41, 5.74) is 0. The molecule has 0 spiro atoms. The Morgan fingerprint density at radius 3 is 2.64 bits per heavy atom. The summed E-state index contributed by atoms with van der Waals surface area (Å²) in [6.07, 6.45) is 3.99. The maximum Gasteiger partial charge on any atom is 0.225 e. The van der Waals surface area contributed by atoms with E-state index in [0.29, 0.717) is 5.91 Å². The number of alkyl halides is 1. The molecule has 1 fully saturated rings. The first-order chi connectivity index (χ1) is 6.69. The molecule has 1 rings (SSSR count). The van der Waals surface area contributed by atoms with Crippen LogP contribution in [0.4, 0.5) is 0 Å². The van der Waals surface area contributed by atoms with Crippen LogP contribution < -0.4 is 0 Å². The number of nitrogens with zero attached hydrogens (tertiary/aromatic N) is 1. The zero-order valence-corrected chi connectivity index (χ0v) is 9.89. The van der Waals surface area contributed by atoms with Crippen LogP contribution in [0.3, 0.4) is 0 Å². The van der Waals surface area contributed by atoms with Gasteiger partial charge in [0.05, 0.1) is 5.38 Å². The van der Waals surface area contributed by atoms with E-state index in [2.05, 4.69) is 13.8 Å². The van der Waals surface area contributed by atoms with Crippen molar-refractivity contribution in [3.05, 3.63) is 0 Å². The minimum absolute atomic E-state index is 0.169. The third kappa shape index (κ3) is 2.88. The van der Waals surface area contributed by atoms with Gasteiger partial charge in [0.25, 0.3) is 0 Å². The zero-order chi connectivity index (χ0) is 10.6. The molecule has 82 valence electrons. The van der Waals surface area contributed by atoms with Gasteiger partial charge in [0.1, 0.15) is 0 Å². The van der Waals surface area contributed by atoms with Crippen molar-refractivity contribution in [2.24, 2.45) is 5.92 Å². The van der Waals surface area contributed by atoms with Crippen molar-refractivity contribution >= 4 is 17.5 Å². The molecule has 1 atom stereocenters. The molecule has 14 heavy (non-hydrogen) atoms. The van der Waals surface area contributed by atoms with Gasteiger partial charge in [-0.1, -0.05) is 13.8 Å². The van der Waals surface area contributed by atoms with E-state index in [4.69, 9.17) is 11.6 Å². The maximum absolute atomic E-state index is 12.0. The molecule has 1 aliphatic rings. The lowest BCUT2D eigenvalue weighted by molar-refractivity contribution is -0.136. The fraction of sp³-hybridized carbons (Fsp3) is 0.909. The number of amides is 1. The Kier molecular flexibility index (Phi) is 4.73. The lowest BCUT2D eigenvalue weighted by Gasteiger charge is -2.32. The molecule has 0 bridgehead atoms. The SMILES string of the molecule is CCC(CC)C(=O)N1CCCC(Cl)C1. The van der Waals surface area contributed by atoms with Crippen LogP contribution in [-0.2, 0) is 4.79 Å². The highest BCUT2D eigenvalue weighted by Gasteiger charge is 2.25. The fourth-order valence-electron chi connectivity index (χ4n) is 2.02. The van der Waals surface area contributed by atoms with Crippen molar-refractivity contribution in [3.8, 4) is 0 Å². The van der Waals surface area contributed by atoms with Crippen LogP contribution in [0.15, 0.2) is 0 Å². The van der Waals surface area contributed by atoms with Gasteiger partial charge in [0, 0.05) is 19.0 Å². The summed E-state index contributed by atoms with van der Waals surface area (Å²) in [6.45, 7) is 5.80. The lowest BCUT2D eigenvalue weighted by Crippen LogP contribution is -2.43. The highest BCUT2D eigenvalue weighted by atomic mass is 35.5. The van der Waals surface area contributed by atoms with E-state index in [1.54, 1.807) is 0 Å². The molecule has 3 heteroatoms. The topological polar surface area (TPSA) is 20.3 Å². The second-order valence-corrected chi connectivity index (χ2v) is 4.65. The Balaban J connectivity index is 2.50. The van der Waals surface area contributed by atoms with Crippen molar-refractivity contribution in [1.29, 1.82) is 0 Å². The number of piperidine rings is 1. The summed E-state index contributed by atoms with van der Waals surface area (Å²) in [5.74, 6) is 0.511.